The Morgan fingerprint density at radius 3 is 2.40 bits per heavy atom. The van der Waals surface area contributed by atoms with Crippen molar-refractivity contribution in [3.8, 4) is 5.75 Å². The van der Waals surface area contributed by atoms with Crippen LogP contribution in [0.25, 0.3) is 0 Å². The normalized spacial score (nSPS) is 12.2. The molecule has 1 N–H and O–H groups in total. The smallest absolute Gasteiger partial charge is 0.119 e. The third-order valence-electron chi connectivity index (χ3n) is 3.09. The van der Waals surface area contributed by atoms with Crippen LogP contribution < -0.4 is 10.1 Å². The summed E-state index contributed by atoms with van der Waals surface area (Å²) in [6, 6.07) is 16.9. The van der Waals surface area contributed by atoms with Crippen molar-refractivity contribution in [2.45, 2.75) is 19.9 Å². The van der Waals surface area contributed by atoms with Crippen LogP contribution in [-0.4, -0.2) is 13.2 Å². The van der Waals surface area contributed by atoms with E-state index in [0.29, 0.717) is 6.61 Å². The molecule has 0 fully saturated rings. The third-order valence-corrected chi connectivity index (χ3v) is 3.59. The summed E-state index contributed by atoms with van der Waals surface area (Å²) >= 11 is 3.54. The van der Waals surface area contributed by atoms with Gasteiger partial charge in [-0.05, 0) is 48.9 Å². The molecule has 1 unspecified atom stereocenters. The Labute approximate surface area is 129 Å². The van der Waals surface area contributed by atoms with E-state index in [4.69, 9.17) is 4.74 Å². The molecule has 2 nitrogen and oxygen atoms in total. The van der Waals surface area contributed by atoms with Gasteiger partial charge in [0.25, 0.3) is 0 Å². The van der Waals surface area contributed by atoms with Gasteiger partial charge >= 0.3 is 0 Å². The summed E-state index contributed by atoms with van der Waals surface area (Å²) in [5.41, 5.74) is 2.46. The van der Waals surface area contributed by atoms with Gasteiger partial charge in [-0.2, -0.15) is 0 Å². The summed E-state index contributed by atoms with van der Waals surface area (Å²) in [7, 11) is 0. The zero-order valence-electron chi connectivity index (χ0n) is 11.9. The highest BCUT2D eigenvalue weighted by Crippen LogP contribution is 2.27. The van der Waals surface area contributed by atoms with Gasteiger partial charge in [-0.3, -0.25) is 0 Å². The van der Waals surface area contributed by atoms with Crippen LogP contribution in [0.15, 0.2) is 53.0 Å². The molecular weight excluding hydrogens is 314 g/mol. The lowest BCUT2D eigenvalue weighted by atomic mass is 9.98. The van der Waals surface area contributed by atoms with Crippen molar-refractivity contribution in [1.29, 1.82) is 0 Å². The van der Waals surface area contributed by atoms with Crippen molar-refractivity contribution in [2.24, 2.45) is 0 Å². The monoisotopic (exact) mass is 333 g/mol. The van der Waals surface area contributed by atoms with Gasteiger partial charge in [0, 0.05) is 4.47 Å². The molecule has 0 amide bonds. The van der Waals surface area contributed by atoms with Crippen molar-refractivity contribution in [3.63, 3.8) is 0 Å². The van der Waals surface area contributed by atoms with E-state index in [2.05, 4.69) is 58.5 Å². The maximum atomic E-state index is 5.60. The van der Waals surface area contributed by atoms with Crippen molar-refractivity contribution in [2.75, 3.05) is 13.2 Å². The summed E-state index contributed by atoms with van der Waals surface area (Å²) in [4.78, 5) is 0. The fraction of sp³-hybridized carbons (Fsp3) is 0.294. The zero-order valence-corrected chi connectivity index (χ0v) is 13.5. The average Bonchev–Trinajstić information content (AvgIpc) is 2.45. The molecular formula is C17H20BrNO. The second-order valence-corrected chi connectivity index (χ2v) is 5.47. The van der Waals surface area contributed by atoms with Gasteiger partial charge in [-0.25, -0.2) is 0 Å². The fourth-order valence-corrected chi connectivity index (χ4v) is 2.69. The van der Waals surface area contributed by atoms with Crippen LogP contribution in [0, 0.1) is 0 Å². The maximum Gasteiger partial charge on any atom is 0.119 e. The summed E-state index contributed by atoms with van der Waals surface area (Å²) in [6.45, 7) is 5.72. The van der Waals surface area contributed by atoms with Crippen LogP contribution in [-0.2, 0) is 0 Å². The largest absolute Gasteiger partial charge is 0.494 e. The molecule has 106 valence electrons. The molecule has 0 radical (unpaired) electrons. The van der Waals surface area contributed by atoms with Crippen LogP contribution in [0.1, 0.15) is 31.0 Å². The quantitative estimate of drug-likeness (QED) is 0.837. The van der Waals surface area contributed by atoms with E-state index in [1.165, 1.54) is 11.1 Å². The minimum Gasteiger partial charge on any atom is -0.494 e. The molecule has 2 aromatic carbocycles. The Balaban J connectivity index is 2.35. The number of hydrogen-bond acceptors (Lipinski definition) is 2. The first-order valence-electron chi connectivity index (χ1n) is 6.96. The number of ether oxygens (including phenoxy) is 1. The Kier molecular flexibility index (Phi) is 5.62. The minimum atomic E-state index is 0.179. The minimum absolute atomic E-state index is 0.179. The van der Waals surface area contributed by atoms with E-state index in [-0.39, 0.29) is 6.04 Å². The second-order valence-electron chi connectivity index (χ2n) is 4.55. The summed E-state index contributed by atoms with van der Waals surface area (Å²) in [5.74, 6) is 0.919. The predicted octanol–water partition coefficient (Wildman–Crippen LogP) is 4.55. The first kappa shape index (κ1) is 15.1. The molecule has 0 aliphatic carbocycles. The standard InChI is InChI=1S/C17H20BrNO/c1-3-19-17(13-7-5-9-15(18)11-13)14-8-6-10-16(12-14)20-4-2/h5-12,17,19H,3-4H2,1-2H3. The van der Waals surface area contributed by atoms with Crippen molar-refractivity contribution in [1.82, 2.24) is 5.32 Å². The van der Waals surface area contributed by atoms with Gasteiger partial charge in [0.1, 0.15) is 5.75 Å². The zero-order chi connectivity index (χ0) is 14.4. The Morgan fingerprint density at radius 1 is 1.05 bits per heavy atom. The molecule has 0 heterocycles. The van der Waals surface area contributed by atoms with Gasteiger partial charge in [-0.15, -0.1) is 0 Å². The lowest BCUT2D eigenvalue weighted by Crippen LogP contribution is -2.22. The van der Waals surface area contributed by atoms with E-state index in [1.54, 1.807) is 0 Å². The highest BCUT2D eigenvalue weighted by molar-refractivity contribution is 9.10. The highest BCUT2D eigenvalue weighted by Gasteiger charge is 2.13. The molecule has 1 atom stereocenters. The van der Waals surface area contributed by atoms with Gasteiger partial charge < -0.3 is 10.1 Å². The van der Waals surface area contributed by atoms with Crippen molar-refractivity contribution in [3.05, 3.63) is 64.1 Å². The number of hydrogen-bond donors (Lipinski definition) is 1. The summed E-state index contributed by atoms with van der Waals surface area (Å²) < 4.78 is 6.69. The SMILES string of the molecule is CCNC(c1cccc(Br)c1)c1cccc(OCC)c1. The van der Waals surface area contributed by atoms with Gasteiger partial charge in [0.05, 0.1) is 12.6 Å². The van der Waals surface area contributed by atoms with Crippen LogP contribution in [0.5, 0.6) is 5.75 Å². The van der Waals surface area contributed by atoms with E-state index >= 15 is 0 Å². The molecule has 2 rings (SSSR count). The third kappa shape index (κ3) is 3.84. The van der Waals surface area contributed by atoms with Crippen molar-refractivity contribution >= 4 is 15.9 Å². The predicted molar refractivity (Wildman–Crippen MR) is 87.3 cm³/mol. The highest BCUT2D eigenvalue weighted by atomic mass is 79.9. The fourth-order valence-electron chi connectivity index (χ4n) is 2.27. The van der Waals surface area contributed by atoms with E-state index in [0.717, 1.165) is 16.8 Å². The molecule has 3 heteroatoms. The lowest BCUT2D eigenvalue weighted by Gasteiger charge is -2.20. The first-order chi connectivity index (χ1) is 9.74. The van der Waals surface area contributed by atoms with Crippen LogP contribution >= 0.6 is 15.9 Å². The summed E-state index contributed by atoms with van der Waals surface area (Å²) in [5, 5.41) is 3.54. The molecule has 0 bridgehead atoms. The van der Waals surface area contributed by atoms with Gasteiger partial charge in [0.15, 0.2) is 0 Å². The number of nitrogens with one attached hydrogen (secondary N) is 1. The number of halogens is 1. The second kappa shape index (κ2) is 7.46. The lowest BCUT2D eigenvalue weighted by molar-refractivity contribution is 0.339. The van der Waals surface area contributed by atoms with Crippen LogP contribution in [0.2, 0.25) is 0 Å². The molecule has 0 saturated carbocycles. The molecule has 0 aliphatic rings. The Morgan fingerprint density at radius 2 is 1.75 bits per heavy atom. The van der Waals surface area contributed by atoms with Gasteiger partial charge in [-0.1, -0.05) is 47.1 Å². The maximum absolute atomic E-state index is 5.60. The molecule has 0 aliphatic heterocycles. The van der Waals surface area contributed by atoms with E-state index in [1.807, 2.05) is 25.1 Å². The van der Waals surface area contributed by atoms with Crippen molar-refractivity contribution < 1.29 is 4.74 Å². The molecule has 2 aromatic rings. The Hall–Kier alpha value is -1.32. The van der Waals surface area contributed by atoms with Crippen LogP contribution in [0.3, 0.4) is 0 Å². The average molecular weight is 334 g/mol. The summed E-state index contributed by atoms with van der Waals surface area (Å²) in [6.07, 6.45) is 0. The number of benzene rings is 2. The molecule has 0 saturated heterocycles. The van der Waals surface area contributed by atoms with Crippen LogP contribution in [0.4, 0.5) is 0 Å². The topological polar surface area (TPSA) is 21.3 Å². The first-order valence-corrected chi connectivity index (χ1v) is 7.75. The Bertz CT molecular complexity index is 556. The number of rotatable bonds is 6. The molecule has 0 aromatic heterocycles. The molecule has 0 spiro atoms. The molecule has 20 heavy (non-hydrogen) atoms. The van der Waals surface area contributed by atoms with E-state index in [9.17, 15) is 0 Å². The van der Waals surface area contributed by atoms with E-state index < -0.39 is 0 Å². The van der Waals surface area contributed by atoms with Gasteiger partial charge in [0.2, 0.25) is 0 Å².